The Kier molecular flexibility index (Phi) is 9.83. The second-order valence-electron chi connectivity index (χ2n) is 10.3. The Morgan fingerprint density at radius 2 is 1.82 bits per heavy atom. The number of carbonyl (C=O) groups excluding carboxylic acids is 3. The number of esters is 1. The van der Waals surface area contributed by atoms with E-state index in [0.29, 0.717) is 29.7 Å². The zero-order valence-electron chi connectivity index (χ0n) is 22.9. The first-order chi connectivity index (χ1) is 18.1. The Morgan fingerprint density at radius 1 is 1.11 bits per heavy atom. The summed E-state index contributed by atoms with van der Waals surface area (Å²) in [7, 11) is 0. The van der Waals surface area contributed by atoms with Crippen molar-refractivity contribution in [2.45, 2.75) is 79.1 Å². The molecule has 9 nitrogen and oxygen atoms in total. The van der Waals surface area contributed by atoms with Gasteiger partial charge in [-0.05, 0) is 59.8 Å². The van der Waals surface area contributed by atoms with Gasteiger partial charge in [-0.25, -0.2) is 4.79 Å². The number of aromatic nitrogens is 1. The number of carbonyl (C=O) groups is 3. The minimum Gasteiger partial charge on any atom is -0.492 e. The maximum absolute atomic E-state index is 13.9. The number of hydrogen-bond donors (Lipinski definition) is 2. The third kappa shape index (κ3) is 6.31. The molecule has 2 aliphatic rings. The van der Waals surface area contributed by atoms with Crippen LogP contribution < -0.4 is 4.84 Å². The maximum Gasteiger partial charge on any atom is 0.334 e. The topological polar surface area (TPSA) is 118 Å². The average molecular weight is 529 g/mol. The van der Waals surface area contributed by atoms with Crippen molar-refractivity contribution in [2.75, 3.05) is 13.2 Å². The van der Waals surface area contributed by atoms with Crippen molar-refractivity contribution in [2.24, 2.45) is 11.3 Å². The van der Waals surface area contributed by atoms with Gasteiger partial charge in [0.15, 0.2) is 0 Å². The molecule has 1 fully saturated rings. The van der Waals surface area contributed by atoms with Crippen molar-refractivity contribution in [1.82, 2.24) is 9.63 Å². The van der Waals surface area contributed by atoms with Crippen LogP contribution in [-0.2, 0) is 19.1 Å². The van der Waals surface area contributed by atoms with E-state index in [1.807, 2.05) is 19.1 Å². The van der Waals surface area contributed by atoms with Gasteiger partial charge >= 0.3 is 11.9 Å². The minimum absolute atomic E-state index is 0.147. The smallest absolute Gasteiger partial charge is 0.334 e. The molecule has 0 unspecified atom stereocenters. The molecule has 1 saturated heterocycles. The Bertz CT molecular complexity index is 1110. The highest BCUT2D eigenvalue weighted by Gasteiger charge is 2.61. The van der Waals surface area contributed by atoms with Crippen LogP contribution in [-0.4, -0.2) is 50.8 Å². The monoisotopic (exact) mass is 528 g/mol. The number of aromatic hydroxyl groups is 2. The number of nitrogens with zero attached hydrogens (tertiary/aromatic N) is 2. The van der Waals surface area contributed by atoms with E-state index >= 15 is 0 Å². The lowest BCUT2D eigenvalue weighted by molar-refractivity contribution is -0.160. The van der Waals surface area contributed by atoms with Gasteiger partial charge in [0, 0.05) is 24.4 Å². The number of fused-ring (bicyclic) bond motifs is 1. The first-order valence-corrected chi connectivity index (χ1v) is 13.4. The van der Waals surface area contributed by atoms with Crippen molar-refractivity contribution in [1.29, 1.82) is 0 Å². The Hall–Kier alpha value is -3.49. The fourth-order valence-corrected chi connectivity index (χ4v) is 5.29. The molecule has 1 aromatic rings. The molecule has 1 aromatic heterocycles. The van der Waals surface area contributed by atoms with E-state index in [2.05, 4.69) is 19.9 Å². The molecule has 3 rings (SSSR count). The molecule has 0 radical (unpaired) electrons. The van der Waals surface area contributed by atoms with Crippen LogP contribution in [0.15, 0.2) is 47.2 Å². The van der Waals surface area contributed by atoms with Gasteiger partial charge in [-0.15, -0.1) is 4.73 Å². The van der Waals surface area contributed by atoms with Gasteiger partial charge in [-0.3, -0.25) is 9.59 Å². The molecule has 0 spiro atoms. The van der Waals surface area contributed by atoms with Gasteiger partial charge in [-0.2, -0.15) is 0 Å². The second kappa shape index (κ2) is 12.8. The number of likely N-dealkylation sites (tertiary alicyclic amines) is 1. The Labute approximate surface area is 224 Å². The second-order valence-corrected chi connectivity index (χ2v) is 10.3. The summed E-state index contributed by atoms with van der Waals surface area (Å²) in [5.41, 5.74) is 1.67. The fraction of sp³-hybridized carbons (Fsp3) is 0.552. The molecule has 0 saturated carbocycles. The first-order valence-electron chi connectivity index (χ1n) is 13.4. The molecule has 1 amide bonds. The zero-order chi connectivity index (χ0) is 27.9. The fourth-order valence-electron chi connectivity index (χ4n) is 5.29. The highest BCUT2D eigenvalue weighted by atomic mass is 16.7. The van der Waals surface area contributed by atoms with Crippen molar-refractivity contribution in [3.8, 4) is 11.8 Å². The summed E-state index contributed by atoms with van der Waals surface area (Å²) < 4.78 is 6.11. The van der Waals surface area contributed by atoms with E-state index in [0.717, 1.165) is 31.3 Å². The van der Waals surface area contributed by atoms with Gasteiger partial charge in [0.05, 0.1) is 18.9 Å². The summed E-state index contributed by atoms with van der Waals surface area (Å²) in [5.74, 6) is -3.66. The third-order valence-corrected chi connectivity index (χ3v) is 7.23. The summed E-state index contributed by atoms with van der Waals surface area (Å²) in [6.45, 7) is 8.29. The highest BCUT2D eigenvalue weighted by molar-refractivity contribution is 5.98. The van der Waals surface area contributed by atoms with E-state index in [4.69, 9.17) is 9.57 Å². The predicted molar refractivity (Wildman–Crippen MR) is 142 cm³/mol. The van der Waals surface area contributed by atoms with E-state index in [1.165, 1.54) is 17.7 Å². The lowest BCUT2D eigenvalue weighted by Crippen LogP contribution is -2.42. The van der Waals surface area contributed by atoms with Crippen molar-refractivity contribution >= 4 is 17.8 Å². The standard InChI is InChI=1S/C29H40N2O7/c1-5-37-28(36)29-17-9-7-6-8-13-23(29)30(18-16-21(4)12-10-11-20(2)3)27(35)22(29)19-26(34)38-31-24(32)14-15-25(31)33/h11,13-16,22,32-33H,5-10,12,17-19H2,1-4H3/t22-,29-/m1/s1. The van der Waals surface area contributed by atoms with Gasteiger partial charge in [0.2, 0.25) is 17.7 Å². The number of amides is 1. The van der Waals surface area contributed by atoms with Crippen molar-refractivity contribution < 1.29 is 34.2 Å². The molecule has 1 aliphatic carbocycles. The molecular formula is C29H40N2O7. The number of rotatable bonds is 10. The first kappa shape index (κ1) is 29.1. The van der Waals surface area contributed by atoms with Gasteiger partial charge < -0.3 is 24.7 Å². The Morgan fingerprint density at radius 3 is 2.47 bits per heavy atom. The van der Waals surface area contributed by atoms with Crippen LogP contribution in [0.4, 0.5) is 0 Å². The van der Waals surface area contributed by atoms with E-state index in [1.54, 1.807) is 11.8 Å². The predicted octanol–water partition coefficient (Wildman–Crippen LogP) is 4.79. The van der Waals surface area contributed by atoms with Crippen LogP contribution in [0.3, 0.4) is 0 Å². The molecule has 2 atom stereocenters. The molecule has 208 valence electrons. The zero-order valence-corrected chi connectivity index (χ0v) is 22.9. The van der Waals surface area contributed by atoms with Gasteiger partial charge in [0.25, 0.3) is 0 Å². The summed E-state index contributed by atoms with van der Waals surface area (Å²) >= 11 is 0. The minimum atomic E-state index is -1.31. The van der Waals surface area contributed by atoms with Crippen LogP contribution in [0.1, 0.15) is 79.1 Å². The van der Waals surface area contributed by atoms with Gasteiger partial charge in [0.1, 0.15) is 5.41 Å². The summed E-state index contributed by atoms with van der Waals surface area (Å²) in [5, 5.41) is 19.7. The largest absolute Gasteiger partial charge is 0.492 e. The summed E-state index contributed by atoms with van der Waals surface area (Å²) in [6, 6.07) is 2.35. The molecule has 0 aromatic carbocycles. The molecule has 2 heterocycles. The Balaban J connectivity index is 1.96. The third-order valence-electron chi connectivity index (χ3n) is 7.23. The molecule has 38 heavy (non-hydrogen) atoms. The summed E-state index contributed by atoms with van der Waals surface area (Å²) in [6.07, 6.45) is 11.1. The van der Waals surface area contributed by atoms with Crippen LogP contribution >= 0.6 is 0 Å². The van der Waals surface area contributed by atoms with Crippen LogP contribution in [0.5, 0.6) is 11.8 Å². The van der Waals surface area contributed by atoms with E-state index in [9.17, 15) is 24.6 Å². The highest BCUT2D eigenvalue weighted by Crippen LogP contribution is 2.52. The van der Waals surface area contributed by atoms with Crippen LogP contribution in [0, 0.1) is 11.3 Å². The van der Waals surface area contributed by atoms with Crippen molar-refractivity contribution in [3.63, 3.8) is 0 Å². The van der Waals surface area contributed by atoms with E-state index < -0.39 is 41.5 Å². The van der Waals surface area contributed by atoms with Gasteiger partial charge in [-0.1, -0.05) is 42.2 Å². The quantitative estimate of drug-likeness (QED) is 0.331. The number of hydrogen-bond acceptors (Lipinski definition) is 7. The molecular weight excluding hydrogens is 488 g/mol. The average Bonchev–Trinajstić information content (AvgIpc) is 3.26. The molecule has 1 aliphatic heterocycles. The summed E-state index contributed by atoms with van der Waals surface area (Å²) in [4.78, 5) is 47.3. The number of allylic oxidation sites excluding steroid dienone is 4. The SMILES string of the molecule is CCOC(=O)[C@@]12CCCCCC=C1N(CC=C(C)CCC=C(C)C)C(=O)[C@H]2CC(=O)On1c(O)ccc1O. The molecule has 2 N–H and O–H groups in total. The normalized spacial score (nSPS) is 21.7. The lowest BCUT2D eigenvalue weighted by Gasteiger charge is -2.34. The van der Waals surface area contributed by atoms with Crippen molar-refractivity contribution in [3.05, 3.63) is 47.2 Å². The van der Waals surface area contributed by atoms with E-state index in [-0.39, 0.29) is 19.1 Å². The molecule has 0 bridgehead atoms. The van der Waals surface area contributed by atoms with Crippen LogP contribution in [0.2, 0.25) is 0 Å². The maximum atomic E-state index is 13.9. The number of ether oxygens (including phenoxy) is 1. The molecule has 9 heteroatoms. The lowest BCUT2D eigenvalue weighted by atomic mass is 9.69. The van der Waals surface area contributed by atoms with Crippen LogP contribution in [0.25, 0.3) is 0 Å².